The summed E-state index contributed by atoms with van der Waals surface area (Å²) in [4.78, 5) is 37.0. The minimum absolute atomic E-state index is 0.136. The number of carbonyl (C=O) groups excluding carboxylic acids is 2. The number of carbonyl (C=O) groups is 3. The van der Waals surface area contributed by atoms with Gasteiger partial charge in [-0.2, -0.15) is 0 Å². The first-order valence-corrected chi connectivity index (χ1v) is 8.02. The van der Waals surface area contributed by atoms with Crippen LogP contribution in [0.2, 0.25) is 0 Å². The Morgan fingerprint density at radius 1 is 1.33 bits per heavy atom. The van der Waals surface area contributed by atoms with E-state index in [1.54, 1.807) is 29.2 Å². The van der Waals surface area contributed by atoms with Crippen LogP contribution in [0, 0.1) is 0 Å². The van der Waals surface area contributed by atoms with Gasteiger partial charge in [-0.15, -0.1) is 0 Å². The van der Waals surface area contributed by atoms with E-state index in [1.165, 1.54) is 0 Å². The van der Waals surface area contributed by atoms with Gasteiger partial charge in [0, 0.05) is 30.8 Å². The second-order valence-electron chi connectivity index (χ2n) is 5.68. The number of nitrogens with one attached hydrogen (secondary N) is 1. The van der Waals surface area contributed by atoms with E-state index in [-0.39, 0.29) is 24.8 Å². The Balaban J connectivity index is 2.06. The molecule has 1 aromatic rings. The van der Waals surface area contributed by atoms with Crippen molar-refractivity contribution in [3.8, 4) is 0 Å². The van der Waals surface area contributed by atoms with E-state index >= 15 is 0 Å². The van der Waals surface area contributed by atoms with Gasteiger partial charge in [0.1, 0.15) is 0 Å². The van der Waals surface area contributed by atoms with Gasteiger partial charge in [-0.25, -0.2) is 0 Å². The lowest BCUT2D eigenvalue weighted by atomic mass is 10.1. The molecule has 0 aliphatic carbocycles. The van der Waals surface area contributed by atoms with Gasteiger partial charge in [-0.05, 0) is 24.6 Å². The van der Waals surface area contributed by atoms with Crippen molar-refractivity contribution in [2.45, 2.75) is 25.9 Å². The summed E-state index contributed by atoms with van der Waals surface area (Å²) >= 11 is 0. The third-order valence-corrected chi connectivity index (χ3v) is 3.74. The fraction of sp³-hybridized carbons (Fsp3) is 0.471. The van der Waals surface area contributed by atoms with Crippen LogP contribution in [0.3, 0.4) is 0 Å². The molecule has 1 aromatic carbocycles. The molecular weight excluding hydrogens is 312 g/mol. The molecule has 2 N–H and O–H groups in total. The van der Waals surface area contributed by atoms with E-state index in [4.69, 9.17) is 9.84 Å². The largest absolute Gasteiger partial charge is 0.481 e. The summed E-state index contributed by atoms with van der Waals surface area (Å²) in [6, 6.07) is 6.55. The average Bonchev–Trinajstić information content (AvgIpc) is 2.58. The molecule has 0 radical (unpaired) electrons. The quantitative estimate of drug-likeness (QED) is 0.813. The van der Waals surface area contributed by atoms with Gasteiger partial charge < -0.3 is 20.1 Å². The van der Waals surface area contributed by atoms with Crippen LogP contribution < -0.4 is 5.32 Å². The number of morpholine rings is 1. The zero-order chi connectivity index (χ0) is 17.5. The fourth-order valence-electron chi connectivity index (χ4n) is 2.54. The molecule has 7 nitrogen and oxygen atoms in total. The second-order valence-corrected chi connectivity index (χ2v) is 5.68. The zero-order valence-electron chi connectivity index (χ0n) is 13.7. The summed E-state index contributed by atoms with van der Waals surface area (Å²) in [7, 11) is 0. The average molecular weight is 334 g/mol. The Bertz CT molecular complexity index is 617. The van der Waals surface area contributed by atoms with Crippen LogP contribution in [0.15, 0.2) is 24.3 Å². The van der Waals surface area contributed by atoms with Gasteiger partial charge >= 0.3 is 5.97 Å². The van der Waals surface area contributed by atoms with Crippen LogP contribution >= 0.6 is 0 Å². The van der Waals surface area contributed by atoms with Crippen molar-refractivity contribution in [2.24, 2.45) is 0 Å². The lowest BCUT2D eigenvalue weighted by Crippen LogP contribution is -2.46. The number of ether oxygens (including phenoxy) is 1. The first kappa shape index (κ1) is 17.9. The highest BCUT2D eigenvalue weighted by atomic mass is 16.5. The number of amides is 2. The molecule has 1 unspecified atom stereocenters. The molecule has 1 aliphatic rings. The van der Waals surface area contributed by atoms with Crippen molar-refractivity contribution >= 4 is 17.8 Å². The number of rotatable bonds is 6. The van der Waals surface area contributed by atoms with Crippen LogP contribution in [0.1, 0.15) is 40.5 Å². The van der Waals surface area contributed by atoms with Crippen molar-refractivity contribution in [3.05, 3.63) is 35.4 Å². The van der Waals surface area contributed by atoms with Gasteiger partial charge in [0.25, 0.3) is 11.8 Å². The lowest BCUT2D eigenvalue weighted by Gasteiger charge is -2.32. The first-order chi connectivity index (χ1) is 11.5. The molecule has 2 rings (SSSR count). The number of hydrogen-bond acceptors (Lipinski definition) is 4. The van der Waals surface area contributed by atoms with Crippen molar-refractivity contribution in [3.63, 3.8) is 0 Å². The van der Waals surface area contributed by atoms with E-state index in [9.17, 15) is 14.4 Å². The summed E-state index contributed by atoms with van der Waals surface area (Å²) in [6.07, 6.45) is 0.197. The monoisotopic (exact) mass is 334 g/mol. The highest BCUT2D eigenvalue weighted by Gasteiger charge is 2.26. The highest BCUT2D eigenvalue weighted by molar-refractivity contribution is 5.99. The highest BCUT2D eigenvalue weighted by Crippen LogP contribution is 2.14. The molecule has 1 aliphatic heterocycles. The number of hydrogen-bond donors (Lipinski definition) is 2. The van der Waals surface area contributed by atoms with Gasteiger partial charge in [-0.3, -0.25) is 14.4 Å². The summed E-state index contributed by atoms with van der Waals surface area (Å²) in [6.45, 7) is 3.49. The predicted molar refractivity (Wildman–Crippen MR) is 87.0 cm³/mol. The van der Waals surface area contributed by atoms with Crippen molar-refractivity contribution in [1.82, 2.24) is 10.2 Å². The van der Waals surface area contributed by atoms with Gasteiger partial charge in [-0.1, -0.05) is 13.0 Å². The number of carboxylic acid groups (broad SMARTS) is 1. The Labute approximate surface area is 140 Å². The molecule has 1 heterocycles. The third kappa shape index (κ3) is 4.79. The SMILES string of the molecule is CCCNC(=O)c1cccc(C(=O)N2CCOC(CC(=O)O)C2)c1. The van der Waals surface area contributed by atoms with Crippen LogP contribution in [-0.2, 0) is 9.53 Å². The third-order valence-electron chi connectivity index (χ3n) is 3.74. The molecule has 7 heteroatoms. The standard InChI is InChI=1S/C17H22N2O5/c1-2-6-18-16(22)12-4-3-5-13(9-12)17(23)19-7-8-24-14(11-19)10-15(20)21/h3-5,9,14H,2,6-8,10-11H2,1H3,(H,18,22)(H,20,21). The summed E-state index contributed by atoms with van der Waals surface area (Å²) in [5.41, 5.74) is 0.847. The molecule has 1 atom stereocenters. The maximum absolute atomic E-state index is 12.6. The van der Waals surface area contributed by atoms with Gasteiger partial charge in [0.05, 0.1) is 19.1 Å². The number of aliphatic carboxylic acids is 1. The summed E-state index contributed by atoms with van der Waals surface area (Å²) < 4.78 is 5.37. The molecule has 1 saturated heterocycles. The molecule has 0 bridgehead atoms. The molecule has 2 amide bonds. The smallest absolute Gasteiger partial charge is 0.306 e. The van der Waals surface area contributed by atoms with Crippen LogP contribution in [0.5, 0.6) is 0 Å². The predicted octanol–water partition coefficient (Wildman–Crippen LogP) is 1.14. The Morgan fingerprint density at radius 3 is 2.79 bits per heavy atom. The maximum Gasteiger partial charge on any atom is 0.306 e. The molecule has 24 heavy (non-hydrogen) atoms. The molecule has 1 fully saturated rings. The molecular formula is C17H22N2O5. The molecule has 0 aromatic heterocycles. The fourth-order valence-corrected chi connectivity index (χ4v) is 2.54. The second kappa shape index (κ2) is 8.44. The summed E-state index contributed by atoms with van der Waals surface area (Å²) in [5.74, 6) is -1.39. The van der Waals surface area contributed by atoms with E-state index < -0.39 is 12.1 Å². The number of carboxylic acids is 1. The topological polar surface area (TPSA) is 95.9 Å². The van der Waals surface area contributed by atoms with E-state index in [1.807, 2.05) is 6.92 Å². The molecule has 130 valence electrons. The van der Waals surface area contributed by atoms with Gasteiger partial charge in [0.15, 0.2) is 0 Å². The Morgan fingerprint density at radius 2 is 2.08 bits per heavy atom. The van der Waals surface area contributed by atoms with E-state index in [0.717, 1.165) is 6.42 Å². The normalized spacial score (nSPS) is 17.4. The van der Waals surface area contributed by atoms with Crippen LogP contribution in [-0.4, -0.2) is 60.1 Å². The van der Waals surface area contributed by atoms with Crippen molar-refractivity contribution < 1.29 is 24.2 Å². The molecule has 0 saturated carbocycles. The lowest BCUT2D eigenvalue weighted by molar-refractivity contribution is -0.141. The van der Waals surface area contributed by atoms with E-state index in [2.05, 4.69) is 5.32 Å². The first-order valence-electron chi connectivity index (χ1n) is 8.02. The Hall–Kier alpha value is -2.41. The van der Waals surface area contributed by atoms with Crippen LogP contribution in [0.25, 0.3) is 0 Å². The zero-order valence-corrected chi connectivity index (χ0v) is 13.7. The van der Waals surface area contributed by atoms with Crippen LogP contribution in [0.4, 0.5) is 0 Å². The number of nitrogens with zero attached hydrogens (tertiary/aromatic N) is 1. The minimum atomic E-state index is -0.955. The number of benzene rings is 1. The van der Waals surface area contributed by atoms with E-state index in [0.29, 0.717) is 30.8 Å². The van der Waals surface area contributed by atoms with Gasteiger partial charge in [0.2, 0.25) is 0 Å². The summed E-state index contributed by atoms with van der Waals surface area (Å²) in [5, 5.41) is 11.6. The maximum atomic E-state index is 12.6. The van der Waals surface area contributed by atoms with Crippen molar-refractivity contribution in [1.29, 1.82) is 0 Å². The minimum Gasteiger partial charge on any atom is -0.481 e. The molecule has 0 spiro atoms. The Kier molecular flexibility index (Phi) is 6.31. The van der Waals surface area contributed by atoms with Crippen molar-refractivity contribution in [2.75, 3.05) is 26.2 Å².